The molecule has 0 radical (unpaired) electrons. The lowest BCUT2D eigenvalue weighted by atomic mass is 10.0. The van der Waals surface area contributed by atoms with Crippen LogP contribution in [0.3, 0.4) is 0 Å². The highest BCUT2D eigenvalue weighted by atomic mass is 16.5. The number of nitrogens with zero attached hydrogens (tertiary/aromatic N) is 4. The third-order valence-corrected chi connectivity index (χ3v) is 3.88. The van der Waals surface area contributed by atoms with Crippen molar-refractivity contribution in [3.63, 3.8) is 0 Å². The molecule has 1 unspecified atom stereocenters. The van der Waals surface area contributed by atoms with Gasteiger partial charge in [0.15, 0.2) is 0 Å². The highest BCUT2D eigenvalue weighted by Crippen LogP contribution is 2.16. The third-order valence-electron chi connectivity index (χ3n) is 3.88. The molecule has 1 aliphatic heterocycles. The van der Waals surface area contributed by atoms with Crippen molar-refractivity contribution in [2.24, 2.45) is 0 Å². The highest BCUT2D eigenvalue weighted by Gasteiger charge is 2.23. The van der Waals surface area contributed by atoms with E-state index in [1.165, 1.54) is 19.4 Å². The summed E-state index contributed by atoms with van der Waals surface area (Å²) in [5.41, 5.74) is 1.04. The minimum atomic E-state index is 0.667. The lowest BCUT2D eigenvalue weighted by molar-refractivity contribution is 0.105. The van der Waals surface area contributed by atoms with Crippen LogP contribution in [0, 0.1) is 0 Å². The zero-order chi connectivity index (χ0) is 13.7. The van der Waals surface area contributed by atoms with Crippen molar-refractivity contribution in [1.82, 2.24) is 19.9 Å². The van der Waals surface area contributed by atoms with Gasteiger partial charge in [-0.05, 0) is 40.5 Å². The standard InChI is InChI=1S/C14H26N4O/c1-16(2)8-9-17(3)14-5-4-7-18(12-14)11-13-6-10-19-15-13/h6,10,14H,4-5,7-9,11-12H2,1-3H3. The molecule has 1 aromatic rings. The van der Waals surface area contributed by atoms with Crippen molar-refractivity contribution in [1.29, 1.82) is 0 Å². The van der Waals surface area contributed by atoms with Crippen molar-refractivity contribution in [2.75, 3.05) is 47.3 Å². The third kappa shape index (κ3) is 4.60. The second-order valence-electron chi connectivity index (χ2n) is 5.81. The van der Waals surface area contributed by atoms with E-state index in [1.807, 2.05) is 6.07 Å². The zero-order valence-electron chi connectivity index (χ0n) is 12.4. The maximum absolute atomic E-state index is 4.90. The van der Waals surface area contributed by atoms with Crippen molar-refractivity contribution in [3.05, 3.63) is 18.0 Å². The van der Waals surface area contributed by atoms with Crippen LogP contribution in [-0.2, 0) is 6.54 Å². The molecule has 0 bridgehead atoms. The molecule has 1 aromatic heterocycles. The molecule has 19 heavy (non-hydrogen) atoms. The van der Waals surface area contributed by atoms with Gasteiger partial charge in [-0.15, -0.1) is 0 Å². The number of likely N-dealkylation sites (N-methyl/N-ethyl adjacent to an activating group) is 2. The van der Waals surface area contributed by atoms with Crippen LogP contribution in [0.4, 0.5) is 0 Å². The quantitative estimate of drug-likeness (QED) is 0.771. The molecular formula is C14H26N4O. The summed E-state index contributed by atoms with van der Waals surface area (Å²) < 4.78 is 4.90. The van der Waals surface area contributed by atoms with Gasteiger partial charge < -0.3 is 14.3 Å². The van der Waals surface area contributed by atoms with Gasteiger partial charge in [-0.1, -0.05) is 5.16 Å². The van der Waals surface area contributed by atoms with Gasteiger partial charge in [0, 0.05) is 38.3 Å². The van der Waals surface area contributed by atoms with Crippen molar-refractivity contribution >= 4 is 0 Å². The molecular weight excluding hydrogens is 240 g/mol. The van der Waals surface area contributed by atoms with E-state index in [9.17, 15) is 0 Å². The number of hydrogen-bond donors (Lipinski definition) is 0. The second kappa shape index (κ2) is 7.03. The number of aromatic nitrogens is 1. The fraction of sp³-hybridized carbons (Fsp3) is 0.786. The van der Waals surface area contributed by atoms with Crippen LogP contribution in [0.15, 0.2) is 16.9 Å². The van der Waals surface area contributed by atoms with Crippen molar-refractivity contribution < 1.29 is 4.52 Å². The first kappa shape index (κ1) is 14.5. The summed E-state index contributed by atoms with van der Waals surface area (Å²) in [6.07, 6.45) is 4.23. The van der Waals surface area contributed by atoms with E-state index in [4.69, 9.17) is 4.52 Å². The van der Waals surface area contributed by atoms with E-state index in [2.05, 4.69) is 41.0 Å². The normalized spacial score (nSPS) is 21.4. The Hall–Kier alpha value is -0.910. The summed E-state index contributed by atoms with van der Waals surface area (Å²) >= 11 is 0. The molecule has 5 heteroatoms. The van der Waals surface area contributed by atoms with E-state index in [1.54, 1.807) is 6.26 Å². The Morgan fingerprint density at radius 2 is 2.21 bits per heavy atom. The monoisotopic (exact) mass is 266 g/mol. The molecule has 1 saturated heterocycles. The van der Waals surface area contributed by atoms with Crippen LogP contribution in [0.1, 0.15) is 18.5 Å². The summed E-state index contributed by atoms with van der Waals surface area (Å²) in [5.74, 6) is 0. The van der Waals surface area contributed by atoms with E-state index in [0.717, 1.165) is 31.9 Å². The van der Waals surface area contributed by atoms with Crippen LogP contribution in [0.2, 0.25) is 0 Å². The number of hydrogen-bond acceptors (Lipinski definition) is 5. The zero-order valence-corrected chi connectivity index (χ0v) is 12.4. The Morgan fingerprint density at radius 1 is 1.37 bits per heavy atom. The fourth-order valence-electron chi connectivity index (χ4n) is 2.62. The van der Waals surface area contributed by atoms with Gasteiger partial charge in [0.1, 0.15) is 6.26 Å². The average Bonchev–Trinajstić information content (AvgIpc) is 2.89. The predicted octanol–water partition coefficient (Wildman–Crippen LogP) is 1.13. The highest BCUT2D eigenvalue weighted by molar-refractivity contribution is 4.96. The van der Waals surface area contributed by atoms with Gasteiger partial charge in [0.2, 0.25) is 0 Å². The Labute approximate surface area is 116 Å². The van der Waals surface area contributed by atoms with E-state index in [-0.39, 0.29) is 0 Å². The first-order chi connectivity index (χ1) is 9.15. The summed E-state index contributed by atoms with van der Waals surface area (Å²) in [4.78, 5) is 7.22. The molecule has 108 valence electrons. The largest absolute Gasteiger partial charge is 0.364 e. The van der Waals surface area contributed by atoms with Gasteiger partial charge in [-0.2, -0.15) is 0 Å². The molecule has 5 nitrogen and oxygen atoms in total. The molecule has 2 rings (SSSR count). The van der Waals surface area contributed by atoms with Gasteiger partial charge in [0.05, 0.1) is 5.69 Å². The average molecular weight is 266 g/mol. The van der Waals surface area contributed by atoms with Gasteiger partial charge in [-0.25, -0.2) is 0 Å². The predicted molar refractivity (Wildman–Crippen MR) is 76.0 cm³/mol. The molecule has 0 spiro atoms. The molecule has 0 amide bonds. The van der Waals surface area contributed by atoms with Crippen LogP contribution in [-0.4, -0.2) is 73.2 Å². The SMILES string of the molecule is CN(C)CCN(C)C1CCCN(Cc2ccon2)C1. The van der Waals surface area contributed by atoms with E-state index >= 15 is 0 Å². The summed E-state index contributed by atoms with van der Waals surface area (Å²) in [6.45, 7) is 5.47. The minimum absolute atomic E-state index is 0.667. The lowest BCUT2D eigenvalue weighted by Crippen LogP contribution is -2.47. The number of rotatable bonds is 6. The molecule has 2 heterocycles. The summed E-state index contributed by atoms with van der Waals surface area (Å²) in [7, 11) is 6.50. The Bertz CT molecular complexity index is 352. The summed E-state index contributed by atoms with van der Waals surface area (Å²) in [5, 5.41) is 4.00. The maximum atomic E-state index is 4.90. The molecule has 0 aliphatic carbocycles. The molecule has 0 saturated carbocycles. The first-order valence-electron chi connectivity index (χ1n) is 7.11. The van der Waals surface area contributed by atoms with Gasteiger partial charge in [0.25, 0.3) is 0 Å². The molecule has 0 aromatic carbocycles. The lowest BCUT2D eigenvalue weighted by Gasteiger charge is -2.37. The molecule has 0 N–H and O–H groups in total. The topological polar surface area (TPSA) is 35.8 Å². The van der Waals surface area contributed by atoms with Crippen LogP contribution < -0.4 is 0 Å². The number of likely N-dealkylation sites (tertiary alicyclic amines) is 1. The Kier molecular flexibility index (Phi) is 5.36. The molecule has 1 aliphatic rings. The van der Waals surface area contributed by atoms with Gasteiger partial charge in [-0.3, -0.25) is 4.90 Å². The van der Waals surface area contributed by atoms with Gasteiger partial charge >= 0.3 is 0 Å². The smallest absolute Gasteiger partial charge is 0.124 e. The number of piperidine rings is 1. The molecule has 1 atom stereocenters. The van der Waals surface area contributed by atoms with Crippen LogP contribution in [0.5, 0.6) is 0 Å². The minimum Gasteiger partial charge on any atom is -0.364 e. The Balaban J connectivity index is 1.79. The van der Waals surface area contributed by atoms with Crippen LogP contribution in [0.25, 0.3) is 0 Å². The van der Waals surface area contributed by atoms with Crippen molar-refractivity contribution in [2.45, 2.75) is 25.4 Å². The first-order valence-corrected chi connectivity index (χ1v) is 7.11. The molecule has 1 fully saturated rings. The van der Waals surface area contributed by atoms with E-state index in [0.29, 0.717) is 6.04 Å². The second-order valence-corrected chi connectivity index (χ2v) is 5.81. The fourth-order valence-corrected chi connectivity index (χ4v) is 2.62. The Morgan fingerprint density at radius 3 is 2.89 bits per heavy atom. The van der Waals surface area contributed by atoms with E-state index < -0.39 is 0 Å². The maximum Gasteiger partial charge on any atom is 0.124 e. The van der Waals surface area contributed by atoms with Crippen LogP contribution >= 0.6 is 0 Å². The summed E-state index contributed by atoms with van der Waals surface area (Å²) in [6, 6.07) is 2.62. The van der Waals surface area contributed by atoms with Crippen molar-refractivity contribution in [3.8, 4) is 0 Å².